The maximum Gasteiger partial charge on any atom is 0.339 e. The molecule has 2 aromatic rings. The van der Waals surface area contributed by atoms with Crippen molar-refractivity contribution >= 4 is 11.8 Å². The lowest BCUT2D eigenvalue weighted by molar-refractivity contribution is 0.0367. The summed E-state index contributed by atoms with van der Waals surface area (Å²) in [5.41, 5.74) is 1.88. The third-order valence-electron chi connectivity index (χ3n) is 3.43. The lowest BCUT2D eigenvalue weighted by atomic mass is 10.00. The number of hydrogen-bond donors (Lipinski definition) is 0. The number of rotatable bonds is 4. The standard InChI is InChI=1S/C15H14N2O3/c1-2-17-9-10(8-16-17)13(18)7-14-11-5-3-4-6-12(11)15(19)20-14/h3-6,8-9,14H,2,7H2,1H3/t14-/m0/s1. The van der Waals surface area contributed by atoms with Gasteiger partial charge in [0.05, 0.1) is 23.7 Å². The van der Waals surface area contributed by atoms with Crippen LogP contribution in [0.1, 0.15) is 45.7 Å². The summed E-state index contributed by atoms with van der Waals surface area (Å²) in [6.45, 7) is 2.67. The Morgan fingerprint density at radius 3 is 2.95 bits per heavy atom. The van der Waals surface area contributed by atoms with Gasteiger partial charge in [-0.25, -0.2) is 4.79 Å². The summed E-state index contributed by atoms with van der Waals surface area (Å²) in [6, 6.07) is 7.17. The van der Waals surface area contributed by atoms with Gasteiger partial charge in [0.2, 0.25) is 0 Å². The first-order valence-electron chi connectivity index (χ1n) is 6.54. The number of aryl methyl sites for hydroxylation is 1. The normalized spacial score (nSPS) is 16.9. The van der Waals surface area contributed by atoms with Crippen LogP contribution in [0.3, 0.4) is 0 Å². The van der Waals surface area contributed by atoms with Gasteiger partial charge < -0.3 is 4.74 Å². The molecule has 2 heterocycles. The van der Waals surface area contributed by atoms with Gasteiger partial charge in [-0.15, -0.1) is 0 Å². The van der Waals surface area contributed by atoms with Crippen molar-refractivity contribution in [1.82, 2.24) is 9.78 Å². The monoisotopic (exact) mass is 270 g/mol. The molecule has 3 rings (SSSR count). The van der Waals surface area contributed by atoms with Crippen LogP contribution in [0.15, 0.2) is 36.7 Å². The molecule has 5 heteroatoms. The van der Waals surface area contributed by atoms with Crippen molar-refractivity contribution in [2.24, 2.45) is 0 Å². The molecule has 5 nitrogen and oxygen atoms in total. The number of benzene rings is 1. The molecule has 0 fully saturated rings. The number of carbonyl (C=O) groups excluding carboxylic acids is 2. The molecule has 20 heavy (non-hydrogen) atoms. The molecule has 1 aromatic heterocycles. The van der Waals surface area contributed by atoms with E-state index in [2.05, 4.69) is 5.10 Å². The van der Waals surface area contributed by atoms with E-state index in [0.717, 1.165) is 5.56 Å². The lowest BCUT2D eigenvalue weighted by Gasteiger charge is -2.08. The van der Waals surface area contributed by atoms with Crippen molar-refractivity contribution in [3.05, 3.63) is 53.3 Å². The van der Waals surface area contributed by atoms with Crippen LogP contribution in [0.2, 0.25) is 0 Å². The Labute approximate surface area is 116 Å². The molecule has 1 atom stereocenters. The van der Waals surface area contributed by atoms with Crippen molar-refractivity contribution in [3.8, 4) is 0 Å². The molecule has 0 saturated carbocycles. The first-order valence-corrected chi connectivity index (χ1v) is 6.54. The second-order valence-corrected chi connectivity index (χ2v) is 4.69. The van der Waals surface area contributed by atoms with Crippen LogP contribution in [0, 0.1) is 0 Å². The number of carbonyl (C=O) groups is 2. The highest BCUT2D eigenvalue weighted by Crippen LogP contribution is 2.33. The van der Waals surface area contributed by atoms with Gasteiger partial charge in [-0.1, -0.05) is 18.2 Å². The quantitative estimate of drug-likeness (QED) is 0.632. The zero-order valence-corrected chi connectivity index (χ0v) is 11.1. The molecule has 0 radical (unpaired) electrons. The second kappa shape index (κ2) is 4.92. The van der Waals surface area contributed by atoms with Crippen molar-refractivity contribution in [1.29, 1.82) is 0 Å². The molecule has 0 bridgehead atoms. The topological polar surface area (TPSA) is 61.2 Å². The number of ether oxygens (including phenoxy) is 1. The van der Waals surface area contributed by atoms with E-state index in [1.165, 1.54) is 0 Å². The molecule has 1 aromatic carbocycles. The highest BCUT2D eigenvalue weighted by molar-refractivity contribution is 5.98. The first kappa shape index (κ1) is 12.6. The smallest absolute Gasteiger partial charge is 0.339 e. The minimum Gasteiger partial charge on any atom is -0.453 e. The van der Waals surface area contributed by atoms with Crippen LogP contribution in [-0.4, -0.2) is 21.5 Å². The van der Waals surface area contributed by atoms with Crippen molar-refractivity contribution in [2.75, 3.05) is 0 Å². The average molecular weight is 270 g/mol. The van der Waals surface area contributed by atoms with E-state index in [1.807, 2.05) is 19.1 Å². The Morgan fingerprint density at radius 2 is 2.20 bits per heavy atom. The Morgan fingerprint density at radius 1 is 1.40 bits per heavy atom. The molecule has 0 amide bonds. The highest BCUT2D eigenvalue weighted by atomic mass is 16.5. The summed E-state index contributed by atoms with van der Waals surface area (Å²) in [7, 11) is 0. The average Bonchev–Trinajstić information content (AvgIpc) is 3.05. The van der Waals surface area contributed by atoms with Crippen LogP contribution < -0.4 is 0 Å². The van der Waals surface area contributed by atoms with Crippen molar-refractivity contribution in [3.63, 3.8) is 0 Å². The third-order valence-corrected chi connectivity index (χ3v) is 3.43. The molecule has 1 aliphatic rings. The van der Waals surface area contributed by atoms with E-state index in [4.69, 9.17) is 4.74 Å². The van der Waals surface area contributed by atoms with Crippen LogP contribution in [0.25, 0.3) is 0 Å². The number of esters is 1. The van der Waals surface area contributed by atoms with E-state index in [9.17, 15) is 9.59 Å². The van der Waals surface area contributed by atoms with E-state index < -0.39 is 6.10 Å². The number of cyclic esters (lactones) is 1. The van der Waals surface area contributed by atoms with Gasteiger partial charge in [0.1, 0.15) is 6.10 Å². The van der Waals surface area contributed by atoms with Crippen LogP contribution >= 0.6 is 0 Å². The zero-order chi connectivity index (χ0) is 14.1. The molecular weight excluding hydrogens is 256 g/mol. The summed E-state index contributed by atoms with van der Waals surface area (Å²) in [6.07, 6.45) is 2.92. The largest absolute Gasteiger partial charge is 0.453 e. The van der Waals surface area contributed by atoms with Gasteiger partial charge in [-0.05, 0) is 13.0 Å². The molecule has 1 aliphatic heterocycles. The van der Waals surface area contributed by atoms with E-state index in [1.54, 1.807) is 29.2 Å². The highest BCUT2D eigenvalue weighted by Gasteiger charge is 2.32. The number of fused-ring (bicyclic) bond motifs is 1. The summed E-state index contributed by atoms with van der Waals surface area (Å²) < 4.78 is 6.97. The molecule has 0 aliphatic carbocycles. The van der Waals surface area contributed by atoms with Gasteiger partial charge in [0, 0.05) is 18.3 Å². The number of aromatic nitrogens is 2. The number of ketones is 1. The maximum atomic E-state index is 12.2. The first-order chi connectivity index (χ1) is 9.69. The molecule has 0 spiro atoms. The fourth-order valence-electron chi connectivity index (χ4n) is 2.34. The zero-order valence-electron chi connectivity index (χ0n) is 11.1. The van der Waals surface area contributed by atoms with Gasteiger partial charge >= 0.3 is 5.97 Å². The fraction of sp³-hybridized carbons (Fsp3) is 0.267. The van der Waals surface area contributed by atoms with Crippen molar-refractivity contribution < 1.29 is 14.3 Å². The summed E-state index contributed by atoms with van der Waals surface area (Å²) >= 11 is 0. The van der Waals surface area contributed by atoms with Crippen molar-refractivity contribution in [2.45, 2.75) is 26.0 Å². The number of nitrogens with zero attached hydrogens (tertiary/aromatic N) is 2. The van der Waals surface area contributed by atoms with Crippen LogP contribution in [0.4, 0.5) is 0 Å². The van der Waals surface area contributed by atoms with Crippen LogP contribution in [0.5, 0.6) is 0 Å². The minimum absolute atomic E-state index is 0.0702. The van der Waals surface area contributed by atoms with Crippen LogP contribution in [-0.2, 0) is 11.3 Å². The Kier molecular flexibility index (Phi) is 3.10. The maximum absolute atomic E-state index is 12.2. The molecule has 0 saturated heterocycles. The molecule has 102 valence electrons. The minimum atomic E-state index is -0.490. The van der Waals surface area contributed by atoms with Gasteiger partial charge in [-0.2, -0.15) is 5.10 Å². The van der Waals surface area contributed by atoms with Gasteiger partial charge in [-0.3, -0.25) is 9.48 Å². The predicted octanol–water partition coefficient (Wildman–Crippen LogP) is 2.39. The lowest BCUT2D eigenvalue weighted by Crippen LogP contribution is -2.07. The summed E-state index contributed by atoms with van der Waals surface area (Å²) in [5.74, 6) is -0.429. The molecular formula is C15H14N2O3. The van der Waals surface area contributed by atoms with Gasteiger partial charge in [0.15, 0.2) is 5.78 Å². The third kappa shape index (κ3) is 2.11. The Bertz CT molecular complexity index is 675. The number of hydrogen-bond acceptors (Lipinski definition) is 4. The second-order valence-electron chi connectivity index (χ2n) is 4.69. The predicted molar refractivity (Wildman–Crippen MR) is 71.4 cm³/mol. The molecule has 0 N–H and O–H groups in total. The summed E-state index contributed by atoms with van der Waals surface area (Å²) in [5, 5.41) is 4.08. The Balaban J connectivity index is 1.79. The van der Waals surface area contributed by atoms with E-state index in [-0.39, 0.29) is 18.2 Å². The fourth-order valence-corrected chi connectivity index (χ4v) is 2.34. The SMILES string of the molecule is CCn1cc(C(=O)C[C@@H]2OC(=O)c3ccccc32)cn1. The number of Topliss-reactive ketones (excluding diaryl/α,β-unsaturated/α-hetero) is 1. The summed E-state index contributed by atoms with van der Waals surface area (Å²) in [4.78, 5) is 23.9. The van der Waals surface area contributed by atoms with Gasteiger partial charge in [0.25, 0.3) is 0 Å². The Hall–Kier alpha value is -2.43. The molecule has 0 unspecified atom stereocenters. The van der Waals surface area contributed by atoms with E-state index in [0.29, 0.717) is 17.7 Å². The van der Waals surface area contributed by atoms with E-state index >= 15 is 0 Å².